The van der Waals surface area contributed by atoms with E-state index in [1.165, 1.54) is 9.79 Å². The number of anilines is 2. The monoisotopic (exact) mass is 363 g/mol. The zero-order valence-corrected chi connectivity index (χ0v) is 15.7. The maximum absolute atomic E-state index is 12.8. The van der Waals surface area contributed by atoms with Crippen molar-refractivity contribution in [3.63, 3.8) is 0 Å². The molecule has 4 nitrogen and oxygen atoms in total. The molecule has 24 heavy (non-hydrogen) atoms. The van der Waals surface area contributed by atoms with E-state index >= 15 is 0 Å². The fourth-order valence-corrected chi connectivity index (χ4v) is 5.46. The quantitative estimate of drug-likeness (QED) is 0.603. The zero-order valence-electron chi connectivity index (χ0n) is 14.0. The molecule has 1 aliphatic rings. The number of hydrogen-bond acceptors (Lipinski definition) is 5. The van der Waals surface area contributed by atoms with Crippen LogP contribution < -0.4 is 4.90 Å². The normalized spacial score (nSPS) is 13.5. The van der Waals surface area contributed by atoms with E-state index in [0.29, 0.717) is 25.9 Å². The van der Waals surface area contributed by atoms with E-state index in [-0.39, 0.29) is 0 Å². The second-order valence-corrected chi connectivity index (χ2v) is 8.63. The number of hydrogen-bond donors (Lipinski definition) is 0. The Hall–Kier alpha value is -1.26. The van der Waals surface area contributed by atoms with Crippen LogP contribution in [0.25, 0.3) is 0 Å². The van der Waals surface area contributed by atoms with E-state index in [9.17, 15) is 4.57 Å². The lowest BCUT2D eigenvalue weighted by Crippen LogP contribution is -2.24. The summed E-state index contributed by atoms with van der Waals surface area (Å²) in [6.07, 6.45) is 0.363. The van der Waals surface area contributed by atoms with Crippen LogP contribution >= 0.6 is 19.4 Å². The summed E-state index contributed by atoms with van der Waals surface area (Å²) in [4.78, 5) is 4.63. The van der Waals surface area contributed by atoms with Crippen LogP contribution in [0, 0.1) is 0 Å². The molecule has 128 valence electrons. The highest BCUT2D eigenvalue weighted by Crippen LogP contribution is 2.51. The molecule has 0 saturated carbocycles. The Kier molecular flexibility index (Phi) is 5.67. The van der Waals surface area contributed by atoms with Gasteiger partial charge in [0.15, 0.2) is 0 Å². The van der Waals surface area contributed by atoms with Gasteiger partial charge in [-0.2, -0.15) is 0 Å². The van der Waals surface area contributed by atoms with Gasteiger partial charge in [0.05, 0.1) is 30.8 Å². The predicted molar refractivity (Wildman–Crippen MR) is 99.7 cm³/mol. The molecule has 0 amide bonds. The maximum Gasteiger partial charge on any atom is 0.332 e. The van der Waals surface area contributed by atoms with E-state index in [1.54, 1.807) is 11.8 Å². The van der Waals surface area contributed by atoms with Gasteiger partial charge in [-0.1, -0.05) is 36.0 Å². The van der Waals surface area contributed by atoms with Crippen LogP contribution in [0.5, 0.6) is 0 Å². The zero-order chi connectivity index (χ0) is 17.0. The molecular formula is C18H22NO3PS. The topological polar surface area (TPSA) is 38.8 Å². The molecule has 0 atom stereocenters. The first kappa shape index (κ1) is 17.6. The van der Waals surface area contributed by atoms with Gasteiger partial charge in [-0.05, 0) is 38.1 Å². The smallest absolute Gasteiger partial charge is 0.332 e. The van der Waals surface area contributed by atoms with Crippen LogP contribution in [0.3, 0.4) is 0 Å². The molecule has 2 aromatic carbocycles. The average molecular weight is 363 g/mol. The molecule has 0 unspecified atom stereocenters. The third kappa shape index (κ3) is 3.70. The summed E-state index contributed by atoms with van der Waals surface area (Å²) < 4.78 is 23.7. The molecule has 0 aliphatic carbocycles. The van der Waals surface area contributed by atoms with Crippen molar-refractivity contribution >= 4 is 30.7 Å². The number of fused-ring (bicyclic) bond motifs is 2. The van der Waals surface area contributed by atoms with Crippen molar-refractivity contribution < 1.29 is 13.6 Å². The summed E-state index contributed by atoms with van der Waals surface area (Å²) in [6.45, 7) is 5.05. The van der Waals surface area contributed by atoms with Crippen molar-refractivity contribution in [2.24, 2.45) is 0 Å². The highest BCUT2D eigenvalue weighted by molar-refractivity contribution is 7.99. The van der Waals surface area contributed by atoms with Crippen molar-refractivity contribution in [2.75, 3.05) is 30.8 Å². The lowest BCUT2D eigenvalue weighted by molar-refractivity contribution is 0.220. The standard InChI is InChI=1S/C18H22NO3PS/c1-3-21-23(20,22-4-2)14-13-19-15-9-5-7-11-17(15)24-18-12-8-6-10-16(18)19/h5-12H,3-4,13-14H2,1-2H3. The van der Waals surface area contributed by atoms with Crippen LogP contribution in [0.2, 0.25) is 0 Å². The molecule has 0 aromatic heterocycles. The second-order valence-electron chi connectivity index (χ2n) is 5.36. The fraction of sp³-hybridized carbons (Fsp3) is 0.333. The SMILES string of the molecule is CCOP(=O)(CCN1c2ccccc2Sc2ccccc21)OCC. The average Bonchev–Trinajstić information content (AvgIpc) is 2.59. The first-order chi connectivity index (χ1) is 11.7. The van der Waals surface area contributed by atoms with E-state index in [1.807, 2.05) is 38.1 Å². The van der Waals surface area contributed by atoms with E-state index in [4.69, 9.17) is 9.05 Å². The highest BCUT2D eigenvalue weighted by atomic mass is 32.2. The molecule has 0 N–H and O–H groups in total. The van der Waals surface area contributed by atoms with Gasteiger partial charge in [-0.3, -0.25) is 4.57 Å². The van der Waals surface area contributed by atoms with Crippen LogP contribution in [-0.2, 0) is 13.6 Å². The van der Waals surface area contributed by atoms with Gasteiger partial charge in [0.1, 0.15) is 0 Å². The molecule has 6 heteroatoms. The number of nitrogens with zero attached hydrogens (tertiary/aromatic N) is 1. The summed E-state index contributed by atoms with van der Waals surface area (Å²) in [5, 5.41) is 0. The molecular weight excluding hydrogens is 341 g/mol. The molecule has 0 bridgehead atoms. The predicted octanol–water partition coefficient (Wildman–Crippen LogP) is 5.56. The second kappa shape index (κ2) is 7.75. The van der Waals surface area contributed by atoms with Gasteiger partial charge >= 0.3 is 7.60 Å². The molecule has 1 aliphatic heterocycles. The minimum atomic E-state index is -3.06. The Morgan fingerprint density at radius 2 is 1.42 bits per heavy atom. The van der Waals surface area contributed by atoms with Gasteiger partial charge in [0, 0.05) is 16.3 Å². The van der Waals surface area contributed by atoms with Crippen LogP contribution in [0.4, 0.5) is 11.4 Å². The lowest BCUT2D eigenvalue weighted by atomic mass is 10.2. The van der Waals surface area contributed by atoms with Gasteiger partial charge in [-0.25, -0.2) is 0 Å². The molecule has 0 saturated heterocycles. The lowest BCUT2D eigenvalue weighted by Gasteiger charge is -2.33. The Morgan fingerprint density at radius 3 is 1.92 bits per heavy atom. The Labute approximate surface area is 147 Å². The third-order valence-corrected chi connectivity index (χ3v) is 6.96. The van der Waals surface area contributed by atoms with Gasteiger partial charge < -0.3 is 13.9 Å². The van der Waals surface area contributed by atoms with Crippen molar-refractivity contribution in [1.29, 1.82) is 0 Å². The summed E-state index contributed by atoms with van der Waals surface area (Å²) in [5.74, 6) is 0. The van der Waals surface area contributed by atoms with Crippen molar-refractivity contribution in [1.82, 2.24) is 0 Å². The maximum atomic E-state index is 12.8. The molecule has 2 aromatic rings. The molecule has 0 fully saturated rings. The third-order valence-electron chi connectivity index (χ3n) is 3.78. The highest BCUT2D eigenvalue weighted by Gasteiger charge is 2.28. The van der Waals surface area contributed by atoms with Gasteiger partial charge in [-0.15, -0.1) is 0 Å². The van der Waals surface area contributed by atoms with E-state index in [0.717, 1.165) is 11.4 Å². The number of benzene rings is 2. The Morgan fingerprint density at radius 1 is 0.917 bits per heavy atom. The largest absolute Gasteiger partial charge is 0.339 e. The summed E-state index contributed by atoms with van der Waals surface area (Å²) in [6, 6.07) is 16.6. The summed E-state index contributed by atoms with van der Waals surface area (Å²) in [5.41, 5.74) is 2.28. The van der Waals surface area contributed by atoms with Gasteiger partial charge in [0.25, 0.3) is 0 Å². The van der Waals surface area contributed by atoms with E-state index < -0.39 is 7.60 Å². The first-order valence-corrected chi connectivity index (χ1v) is 10.7. The fourth-order valence-electron chi connectivity index (χ4n) is 2.80. The van der Waals surface area contributed by atoms with Crippen molar-refractivity contribution in [2.45, 2.75) is 23.6 Å². The van der Waals surface area contributed by atoms with Crippen LogP contribution in [0.15, 0.2) is 58.3 Å². The first-order valence-electron chi connectivity index (χ1n) is 8.18. The minimum absolute atomic E-state index is 0.363. The number of rotatable bonds is 7. The molecule has 1 heterocycles. The molecule has 0 spiro atoms. The van der Waals surface area contributed by atoms with Crippen molar-refractivity contribution in [3.8, 4) is 0 Å². The summed E-state index contributed by atoms with van der Waals surface area (Å²) >= 11 is 1.77. The van der Waals surface area contributed by atoms with Crippen LogP contribution in [0.1, 0.15) is 13.8 Å². The minimum Gasteiger partial charge on any atom is -0.339 e. The Balaban J connectivity index is 1.89. The van der Waals surface area contributed by atoms with Crippen molar-refractivity contribution in [3.05, 3.63) is 48.5 Å². The molecule has 0 radical (unpaired) electrons. The van der Waals surface area contributed by atoms with Crippen LogP contribution in [-0.4, -0.2) is 25.9 Å². The summed E-state index contributed by atoms with van der Waals surface area (Å²) in [7, 11) is -3.06. The molecule has 3 rings (SSSR count). The van der Waals surface area contributed by atoms with E-state index in [2.05, 4.69) is 29.2 Å². The number of para-hydroxylation sites is 2. The van der Waals surface area contributed by atoms with Gasteiger partial charge in [0.2, 0.25) is 0 Å². The Bertz CT molecular complexity index is 697.